The highest BCUT2D eigenvalue weighted by molar-refractivity contribution is 7.13. The maximum atomic E-state index is 12.1. The first-order chi connectivity index (χ1) is 16.5. The zero-order chi connectivity index (χ0) is 23.9. The molecular weight excluding hydrogens is 474 g/mol. The second-order valence-corrected chi connectivity index (χ2v) is 8.48. The van der Waals surface area contributed by atoms with Gasteiger partial charge in [-0.05, 0) is 12.1 Å². The number of nitrogens with zero attached hydrogens (tertiary/aromatic N) is 4. The first-order valence-electron chi connectivity index (χ1n) is 9.77. The number of carbonyl (C=O) groups excluding carboxylic acids is 1. The summed E-state index contributed by atoms with van der Waals surface area (Å²) in [6.45, 7) is -0.222. The van der Waals surface area contributed by atoms with Crippen molar-refractivity contribution < 1.29 is 14.5 Å². The number of nitro groups is 1. The van der Waals surface area contributed by atoms with Gasteiger partial charge in [0.05, 0.1) is 16.2 Å². The van der Waals surface area contributed by atoms with Gasteiger partial charge >= 0.3 is 0 Å². The van der Waals surface area contributed by atoms with E-state index in [1.54, 1.807) is 59.4 Å². The summed E-state index contributed by atoms with van der Waals surface area (Å²) >= 11 is 2.56. The number of carbonyl (C=O) groups is 1. The lowest BCUT2D eigenvalue weighted by atomic mass is 10.1. The molecule has 0 unspecified atom stereocenters. The van der Waals surface area contributed by atoms with Crippen LogP contribution in [0.25, 0.3) is 22.9 Å². The predicted octanol–water partition coefficient (Wildman–Crippen LogP) is 5.26. The number of para-hydroxylation sites is 1. The molecule has 2 aromatic carbocycles. The molecule has 4 aromatic rings. The van der Waals surface area contributed by atoms with Gasteiger partial charge in [-0.1, -0.05) is 30.3 Å². The van der Waals surface area contributed by atoms with Crippen molar-refractivity contribution in [2.75, 3.05) is 11.9 Å². The number of non-ortho nitro benzene ring substituents is 1. The van der Waals surface area contributed by atoms with E-state index >= 15 is 0 Å². The van der Waals surface area contributed by atoms with Gasteiger partial charge in [-0.25, -0.2) is 9.97 Å². The number of nitro benzene ring substituents is 1. The average Bonchev–Trinajstić information content (AvgIpc) is 3.54. The van der Waals surface area contributed by atoms with E-state index in [4.69, 9.17) is 4.74 Å². The molecule has 1 N–H and O–H groups in total. The highest BCUT2D eigenvalue weighted by Gasteiger charge is 2.14. The summed E-state index contributed by atoms with van der Waals surface area (Å²) in [4.78, 5) is 31.2. The number of benzene rings is 2. The Morgan fingerprint density at radius 2 is 2.09 bits per heavy atom. The minimum atomic E-state index is -0.467. The van der Waals surface area contributed by atoms with Crippen LogP contribution in [0.2, 0.25) is 0 Å². The lowest BCUT2D eigenvalue weighted by Gasteiger charge is -2.09. The molecule has 0 aliphatic heterocycles. The van der Waals surface area contributed by atoms with E-state index in [2.05, 4.69) is 21.4 Å². The van der Waals surface area contributed by atoms with Crippen molar-refractivity contribution in [2.45, 2.75) is 0 Å². The number of hydrogen-bond donors (Lipinski definition) is 1. The Labute approximate surface area is 201 Å². The third kappa shape index (κ3) is 5.50. The first-order valence-corrected chi connectivity index (χ1v) is 11.5. The Balaban J connectivity index is 1.53. The Bertz CT molecular complexity index is 1410. The second kappa shape index (κ2) is 10.5. The van der Waals surface area contributed by atoms with Crippen LogP contribution in [0.3, 0.4) is 0 Å². The van der Waals surface area contributed by atoms with Gasteiger partial charge < -0.3 is 4.74 Å². The lowest BCUT2D eigenvalue weighted by Crippen LogP contribution is -2.20. The van der Waals surface area contributed by atoms with Gasteiger partial charge in [0.1, 0.15) is 16.8 Å². The van der Waals surface area contributed by atoms with Crippen LogP contribution in [0.4, 0.5) is 10.8 Å². The van der Waals surface area contributed by atoms with E-state index in [0.29, 0.717) is 38.3 Å². The molecule has 0 spiro atoms. The maximum Gasteiger partial charge on any atom is 0.270 e. The fraction of sp³-hybridized carbons (Fsp3) is 0.0435. The third-order valence-electron chi connectivity index (χ3n) is 4.46. The number of anilines is 1. The number of thiazole rings is 2. The number of nitriles is 1. The molecule has 0 saturated heterocycles. The molecular formula is C23H15N5O4S2. The van der Waals surface area contributed by atoms with Crippen LogP contribution in [0.5, 0.6) is 5.75 Å². The van der Waals surface area contributed by atoms with Gasteiger partial charge in [0.15, 0.2) is 11.7 Å². The molecule has 0 atom stereocenters. The van der Waals surface area contributed by atoms with Gasteiger partial charge in [0.25, 0.3) is 11.6 Å². The number of aromatic nitrogens is 2. The van der Waals surface area contributed by atoms with Crippen LogP contribution < -0.4 is 10.1 Å². The van der Waals surface area contributed by atoms with Crippen molar-refractivity contribution in [3.05, 3.63) is 86.2 Å². The fourth-order valence-corrected chi connectivity index (χ4v) is 4.26. The van der Waals surface area contributed by atoms with E-state index in [0.717, 1.165) is 0 Å². The van der Waals surface area contributed by atoms with Crippen LogP contribution in [-0.2, 0) is 4.79 Å². The van der Waals surface area contributed by atoms with Crippen molar-refractivity contribution in [1.29, 1.82) is 5.26 Å². The van der Waals surface area contributed by atoms with Gasteiger partial charge in [-0.15, -0.1) is 22.7 Å². The summed E-state index contributed by atoms with van der Waals surface area (Å²) in [5.41, 5.74) is 1.99. The largest absolute Gasteiger partial charge is 0.483 e. The molecule has 0 aliphatic rings. The van der Waals surface area contributed by atoms with E-state index in [1.807, 2.05) is 0 Å². The summed E-state index contributed by atoms with van der Waals surface area (Å²) in [7, 11) is 0. The number of allylic oxidation sites excluding steroid dienone is 1. The summed E-state index contributed by atoms with van der Waals surface area (Å²) in [5, 5.41) is 27.9. The Morgan fingerprint density at radius 1 is 1.24 bits per heavy atom. The average molecular weight is 490 g/mol. The van der Waals surface area contributed by atoms with E-state index < -0.39 is 4.92 Å². The van der Waals surface area contributed by atoms with Crippen molar-refractivity contribution in [2.24, 2.45) is 0 Å². The molecule has 0 radical (unpaired) electrons. The molecule has 11 heteroatoms. The topological polar surface area (TPSA) is 131 Å². The fourth-order valence-electron chi connectivity index (χ4n) is 2.92. The number of hydrogen-bond acceptors (Lipinski definition) is 9. The van der Waals surface area contributed by atoms with Crippen molar-refractivity contribution in [3.63, 3.8) is 0 Å². The number of rotatable bonds is 8. The highest BCUT2D eigenvalue weighted by Crippen LogP contribution is 2.30. The first kappa shape index (κ1) is 22.8. The smallest absolute Gasteiger partial charge is 0.270 e. The quantitative estimate of drug-likeness (QED) is 0.203. The molecule has 9 nitrogen and oxygen atoms in total. The highest BCUT2D eigenvalue weighted by atomic mass is 32.1. The molecule has 2 heterocycles. The maximum absolute atomic E-state index is 12.1. The van der Waals surface area contributed by atoms with Gasteiger partial charge in [0.2, 0.25) is 0 Å². The van der Waals surface area contributed by atoms with Gasteiger partial charge in [-0.3, -0.25) is 20.2 Å². The molecule has 0 aliphatic carbocycles. The molecule has 0 saturated carbocycles. The minimum Gasteiger partial charge on any atom is -0.483 e. The monoisotopic (exact) mass is 489 g/mol. The molecule has 168 valence electrons. The Morgan fingerprint density at radius 3 is 2.85 bits per heavy atom. The number of nitrogens with one attached hydrogen (secondary N) is 1. The van der Waals surface area contributed by atoms with Crippen molar-refractivity contribution in [1.82, 2.24) is 9.97 Å². The van der Waals surface area contributed by atoms with E-state index in [-0.39, 0.29) is 18.2 Å². The third-order valence-corrected chi connectivity index (χ3v) is 6.03. The summed E-state index contributed by atoms with van der Waals surface area (Å²) in [5.74, 6) is 0.0794. The van der Waals surface area contributed by atoms with E-state index in [9.17, 15) is 20.2 Å². The van der Waals surface area contributed by atoms with Crippen LogP contribution in [0, 0.1) is 21.4 Å². The Kier molecular flexibility index (Phi) is 7.02. The summed E-state index contributed by atoms with van der Waals surface area (Å²) in [6, 6.07) is 15.3. The summed E-state index contributed by atoms with van der Waals surface area (Å²) in [6.07, 6.45) is 3.22. The summed E-state index contributed by atoms with van der Waals surface area (Å²) < 4.78 is 5.67. The van der Waals surface area contributed by atoms with E-state index in [1.165, 1.54) is 34.8 Å². The molecule has 1 amide bonds. The predicted molar refractivity (Wildman–Crippen MR) is 130 cm³/mol. The molecule has 34 heavy (non-hydrogen) atoms. The molecule has 0 fully saturated rings. The normalized spacial score (nSPS) is 11.0. The van der Waals surface area contributed by atoms with Crippen LogP contribution in [0.1, 0.15) is 10.6 Å². The van der Waals surface area contributed by atoms with Crippen LogP contribution >= 0.6 is 22.7 Å². The Hall–Kier alpha value is -4.40. The van der Waals surface area contributed by atoms with Crippen LogP contribution in [0.15, 0.2) is 65.5 Å². The SMILES string of the molecule is N#C/C(=C\c1ccccc1OCC(=O)Nc1nccs1)c1nc(-c2cccc([N+](=O)[O-])c2)cs1. The van der Waals surface area contributed by atoms with Crippen molar-refractivity contribution in [3.8, 4) is 23.1 Å². The number of ether oxygens (including phenoxy) is 1. The second-order valence-electron chi connectivity index (χ2n) is 6.73. The molecule has 0 bridgehead atoms. The zero-order valence-electron chi connectivity index (χ0n) is 17.4. The lowest BCUT2D eigenvalue weighted by molar-refractivity contribution is -0.384. The zero-order valence-corrected chi connectivity index (χ0v) is 19.0. The van der Waals surface area contributed by atoms with Gasteiger partial charge in [-0.2, -0.15) is 5.26 Å². The van der Waals surface area contributed by atoms with Gasteiger partial charge in [0, 0.05) is 40.2 Å². The molecule has 2 aromatic heterocycles. The van der Waals surface area contributed by atoms with Crippen LogP contribution in [-0.4, -0.2) is 27.4 Å². The molecule has 4 rings (SSSR count). The van der Waals surface area contributed by atoms with Crippen molar-refractivity contribution >= 4 is 51.0 Å². The minimum absolute atomic E-state index is 0.0342. The standard InChI is InChI=1S/C23H15N5O4S2/c24-12-17(22-26-19(14-34-22)15-5-3-6-18(11-15)28(30)31)10-16-4-1-2-7-20(16)32-13-21(29)27-23-25-8-9-33-23/h1-11,14H,13H2,(H,25,27,29)/b17-10+. The number of amides is 1.